The molecule has 2 aliphatic heterocycles. The highest BCUT2D eigenvalue weighted by molar-refractivity contribution is 6.38. The maximum Gasteiger partial charge on any atom is 0.354 e. The molecular weight excluding hydrogens is 436 g/mol. The summed E-state index contributed by atoms with van der Waals surface area (Å²) >= 11 is 0. The van der Waals surface area contributed by atoms with E-state index in [9.17, 15) is 14.4 Å². The maximum absolute atomic E-state index is 13.7. The molecule has 0 bridgehead atoms. The van der Waals surface area contributed by atoms with Crippen LogP contribution in [-0.4, -0.2) is 60.7 Å². The molecule has 0 saturated carbocycles. The number of amides is 2. The number of nitrogens with one attached hydrogen (secondary N) is 1. The van der Waals surface area contributed by atoms with Crippen molar-refractivity contribution in [2.75, 3.05) is 30.6 Å². The van der Waals surface area contributed by atoms with Crippen LogP contribution in [0.4, 0.5) is 11.4 Å². The first-order chi connectivity index (χ1) is 16.5. The molecule has 1 fully saturated rings. The fourth-order valence-electron chi connectivity index (χ4n) is 4.25. The zero-order chi connectivity index (χ0) is 24.1. The molecular formula is C25H28N4O5. The van der Waals surface area contributed by atoms with Crippen molar-refractivity contribution in [1.82, 2.24) is 4.90 Å². The molecule has 2 amide bonds. The van der Waals surface area contributed by atoms with Crippen LogP contribution in [-0.2, 0) is 19.1 Å². The Morgan fingerprint density at radius 1 is 1.06 bits per heavy atom. The number of nitrogens with zero attached hydrogens (tertiary/aromatic N) is 3. The Morgan fingerprint density at radius 3 is 2.47 bits per heavy atom. The molecule has 2 unspecified atom stereocenters. The Hall–Kier alpha value is -3.88. The summed E-state index contributed by atoms with van der Waals surface area (Å²) in [5.74, 6) is -0.324. The molecule has 0 aromatic heterocycles. The summed E-state index contributed by atoms with van der Waals surface area (Å²) in [7, 11) is 1.58. The molecule has 0 spiro atoms. The van der Waals surface area contributed by atoms with Gasteiger partial charge in [-0.05, 0) is 56.2 Å². The van der Waals surface area contributed by atoms with Crippen LogP contribution in [0.25, 0.3) is 0 Å². The van der Waals surface area contributed by atoms with Gasteiger partial charge in [-0.15, -0.1) is 0 Å². The van der Waals surface area contributed by atoms with Crippen molar-refractivity contribution in [3.8, 4) is 5.75 Å². The first-order valence-electron chi connectivity index (χ1n) is 11.4. The highest BCUT2D eigenvalue weighted by Crippen LogP contribution is 2.29. The molecule has 9 heteroatoms. The second-order valence-corrected chi connectivity index (χ2v) is 8.07. The molecule has 1 N–H and O–H groups in total. The summed E-state index contributed by atoms with van der Waals surface area (Å²) in [5, 5.41) is 8.87. The van der Waals surface area contributed by atoms with Gasteiger partial charge in [0.05, 0.1) is 19.4 Å². The standard InChI is InChI=1S/C25H28N4O5/c1-3-34-25(32)20-16-22(29(27-20)18-8-5-4-6-9-18)24(31)28-15-7-10-21(28)23(30)26-17-11-13-19(33-2)14-12-17/h4-6,8-9,11-14,21-22H,3,7,10,15-16H2,1-2H3,(H,26,30). The topological polar surface area (TPSA) is 101 Å². The van der Waals surface area contributed by atoms with Gasteiger partial charge < -0.3 is 19.7 Å². The van der Waals surface area contributed by atoms with Crippen LogP contribution in [0.5, 0.6) is 5.75 Å². The van der Waals surface area contributed by atoms with Crippen LogP contribution in [0.1, 0.15) is 26.2 Å². The third kappa shape index (κ3) is 4.88. The lowest BCUT2D eigenvalue weighted by Crippen LogP contribution is -2.50. The number of esters is 1. The SMILES string of the molecule is CCOC(=O)C1=NN(c2ccccc2)C(C(=O)N2CCCC2C(=O)Nc2ccc(OC)cc2)C1. The number of hydrazone groups is 1. The number of rotatable bonds is 7. The van der Waals surface area contributed by atoms with Gasteiger partial charge in [0.1, 0.15) is 23.5 Å². The van der Waals surface area contributed by atoms with E-state index in [-0.39, 0.29) is 30.6 Å². The molecule has 2 aliphatic rings. The molecule has 4 rings (SSSR count). The number of likely N-dealkylation sites (tertiary alicyclic amines) is 1. The molecule has 0 radical (unpaired) electrons. The van der Waals surface area contributed by atoms with Crippen molar-refractivity contribution in [3.05, 3.63) is 54.6 Å². The number of carbonyl (C=O) groups excluding carboxylic acids is 3. The smallest absolute Gasteiger partial charge is 0.354 e. The lowest BCUT2D eigenvalue weighted by Gasteiger charge is -2.30. The molecule has 0 aliphatic carbocycles. The normalized spacial score (nSPS) is 19.5. The predicted molar refractivity (Wildman–Crippen MR) is 128 cm³/mol. The van der Waals surface area contributed by atoms with Gasteiger partial charge in [0.2, 0.25) is 11.8 Å². The van der Waals surface area contributed by atoms with Crippen LogP contribution in [0.15, 0.2) is 59.7 Å². The molecule has 9 nitrogen and oxygen atoms in total. The van der Waals surface area contributed by atoms with E-state index in [1.807, 2.05) is 30.3 Å². The van der Waals surface area contributed by atoms with Gasteiger partial charge in [-0.25, -0.2) is 4.79 Å². The highest BCUT2D eigenvalue weighted by atomic mass is 16.5. The van der Waals surface area contributed by atoms with E-state index in [0.29, 0.717) is 30.1 Å². The van der Waals surface area contributed by atoms with E-state index in [2.05, 4.69) is 10.4 Å². The number of methoxy groups -OCH3 is 1. The van der Waals surface area contributed by atoms with Gasteiger partial charge in [0, 0.05) is 18.7 Å². The number of para-hydroxylation sites is 1. The minimum Gasteiger partial charge on any atom is -0.497 e. The van der Waals surface area contributed by atoms with E-state index >= 15 is 0 Å². The number of benzene rings is 2. The minimum absolute atomic E-state index is 0.121. The average molecular weight is 465 g/mol. The van der Waals surface area contributed by atoms with Crippen molar-refractivity contribution in [1.29, 1.82) is 0 Å². The third-order valence-electron chi connectivity index (χ3n) is 5.92. The summed E-state index contributed by atoms with van der Waals surface area (Å²) in [5.41, 5.74) is 1.52. The monoisotopic (exact) mass is 464 g/mol. The summed E-state index contributed by atoms with van der Waals surface area (Å²) in [6.45, 7) is 2.41. The van der Waals surface area contributed by atoms with Gasteiger partial charge in [0.15, 0.2) is 0 Å². The van der Waals surface area contributed by atoms with Crippen LogP contribution in [0.3, 0.4) is 0 Å². The number of hydrogen-bond acceptors (Lipinski definition) is 7. The first-order valence-corrected chi connectivity index (χ1v) is 11.4. The predicted octanol–water partition coefficient (Wildman–Crippen LogP) is 2.82. The van der Waals surface area contributed by atoms with Crippen molar-refractivity contribution in [2.45, 2.75) is 38.3 Å². The Labute approximate surface area is 198 Å². The molecule has 178 valence electrons. The number of carbonyl (C=O) groups is 3. The van der Waals surface area contributed by atoms with Crippen LogP contribution >= 0.6 is 0 Å². The Kier molecular flexibility index (Phi) is 7.10. The van der Waals surface area contributed by atoms with Gasteiger partial charge in [0.25, 0.3) is 0 Å². The fraction of sp³-hybridized carbons (Fsp3) is 0.360. The number of ether oxygens (including phenoxy) is 2. The van der Waals surface area contributed by atoms with Gasteiger partial charge in [-0.1, -0.05) is 18.2 Å². The second kappa shape index (κ2) is 10.4. The lowest BCUT2D eigenvalue weighted by molar-refractivity contribution is -0.137. The third-order valence-corrected chi connectivity index (χ3v) is 5.92. The quantitative estimate of drug-likeness (QED) is 0.633. The number of hydrogen-bond donors (Lipinski definition) is 1. The van der Waals surface area contributed by atoms with Gasteiger partial charge >= 0.3 is 5.97 Å². The summed E-state index contributed by atoms with van der Waals surface area (Å²) < 4.78 is 10.3. The van der Waals surface area contributed by atoms with Crippen molar-refractivity contribution < 1.29 is 23.9 Å². The fourth-order valence-corrected chi connectivity index (χ4v) is 4.25. The first kappa shape index (κ1) is 23.3. The van der Waals surface area contributed by atoms with Crippen molar-refractivity contribution >= 4 is 34.9 Å². The van der Waals surface area contributed by atoms with Crippen molar-refractivity contribution in [3.63, 3.8) is 0 Å². The largest absolute Gasteiger partial charge is 0.497 e. The minimum atomic E-state index is -0.726. The zero-order valence-corrected chi connectivity index (χ0v) is 19.3. The van der Waals surface area contributed by atoms with E-state index in [1.165, 1.54) is 0 Å². The average Bonchev–Trinajstić information content (AvgIpc) is 3.53. The maximum atomic E-state index is 13.7. The van der Waals surface area contributed by atoms with Crippen LogP contribution in [0, 0.1) is 0 Å². The lowest BCUT2D eigenvalue weighted by atomic mass is 10.1. The number of anilines is 2. The molecule has 2 heterocycles. The molecule has 34 heavy (non-hydrogen) atoms. The second-order valence-electron chi connectivity index (χ2n) is 8.07. The van der Waals surface area contributed by atoms with Crippen LogP contribution in [0.2, 0.25) is 0 Å². The molecule has 1 saturated heterocycles. The van der Waals surface area contributed by atoms with Crippen LogP contribution < -0.4 is 15.1 Å². The summed E-state index contributed by atoms with van der Waals surface area (Å²) in [6.07, 6.45) is 1.41. The molecule has 2 atom stereocenters. The Morgan fingerprint density at radius 2 is 1.79 bits per heavy atom. The van der Waals surface area contributed by atoms with E-state index in [4.69, 9.17) is 9.47 Å². The van der Waals surface area contributed by atoms with E-state index in [0.717, 1.165) is 6.42 Å². The zero-order valence-electron chi connectivity index (χ0n) is 19.3. The Balaban J connectivity index is 1.52. The highest BCUT2D eigenvalue weighted by Gasteiger charge is 2.43. The summed E-state index contributed by atoms with van der Waals surface area (Å²) in [6, 6.07) is 14.9. The molecule has 2 aromatic carbocycles. The van der Waals surface area contributed by atoms with Crippen molar-refractivity contribution in [2.24, 2.45) is 5.10 Å². The van der Waals surface area contributed by atoms with Gasteiger partial charge in [-0.2, -0.15) is 5.10 Å². The summed E-state index contributed by atoms with van der Waals surface area (Å²) in [4.78, 5) is 40.7. The Bertz CT molecular complexity index is 1070. The molecule has 2 aromatic rings. The van der Waals surface area contributed by atoms with Gasteiger partial charge in [-0.3, -0.25) is 14.6 Å². The van der Waals surface area contributed by atoms with E-state index in [1.54, 1.807) is 48.2 Å². The van der Waals surface area contributed by atoms with E-state index < -0.39 is 18.1 Å².